The second-order valence-electron chi connectivity index (χ2n) is 13.8. The van der Waals surface area contributed by atoms with Gasteiger partial charge in [0.15, 0.2) is 33.8 Å². The molecule has 6 rings (SSSR count). The average Bonchev–Trinajstić information content (AvgIpc) is 3.84. The van der Waals surface area contributed by atoms with Crippen molar-refractivity contribution in [2.75, 3.05) is 6.61 Å². The van der Waals surface area contributed by atoms with E-state index >= 15 is 0 Å². The number of carbonyl (C=O) groups is 2. The Morgan fingerprint density at radius 2 is 1.78 bits per heavy atom. The highest BCUT2D eigenvalue weighted by Gasteiger charge is 2.42. The summed E-state index contributed by atoms with van der Waals surface area (Å²) >= 11 is 6.74. The van der Waals surface area contributed by atoms with Crippen LogP contribution < -0.4 is 21.9 Å². The Morgan fingerprint density at radius 3 is 2.41 bits per heavy atom. The van der Waals surface area contributed by atoms with E-state index in [4.69, 9.17) is 49.9 Å². The third kappa shape index (κ3) is 7.68. The number of imidazole rings is 1. The minimum Gasteiger partial charge on any atom is -0.461 e. The quantitative estimate of drug-likeness (QED) is 0.0765. The largest absolute Gasteiger partial charge is 0.519 e. The Hall–Kier alpha value is -5.66. The van der Waals surface area contributed by atoms with Gasteiger partial charge in [0, 0.05) is 17.9 Å². The zero-order valence-electron chi connectivity index (χ0n) is 30.7. The first kappa shape index (κ1) is 38.1. The molecule has 0 bridgehead atoms. The molecule has 0 amide bonds. The second-order valence-corrected chi connectivity index (χ2v) is 14.2. The summed E-state index contributed by atoms with van der Waals surface area (Å²) < 4.78 is 41.1. The highest BCUT2D eigenvalue weighted by Crippen LogP contribution is 2.40. The molecular formula is C37H38ClN5O11. The van der Waals surface area contributed by atoms with Gasteiger partial charge in [-0.2, -0.15) is 4.98 Å². The number of nitrogens with zero attached hydrogens (tertiary/aromatic N) is 5. The van der Waals surface area contributed by atoms with Crippen molar-refractivity contribution >= 4 is 34.7 Å². The maximum Gasteiger partial charge on any atom is 0.519 e. The third-order valence-electron chi connectivity index (χ3n) is 9.16. The van der Waals surface area contributed by atoms with Crippen LogP contribution in [-0.4, -0.2) is 43.2 Å². The van der Waals surface area contributed by atoms with E-state index in [9.17, 15) is 19.2 Å². The van der Waals surface area contributed by atoms with Gasteiger partial charge in [-0.25, -0.2) is 14.6 Å². The van der Waals surface area contributed by atoms with Gasteiger partial charge in [0.25, 0.3) is 0 Å². The molecule has 284 valence electrons. The summed E-state index contributed by atoms with van der Waals surface area (Å²) in [5, 5.41) is -0.0463. The summed E-state index contributed by atoms with van der Waals surface area (Å²) in [7, 11) is 0. The summed E-state index contributed by atoms with van der Waals surface area (Å²) in [6.45, 7) is 11.6. The van der Waals surface area contributed by atoms with Gasteiger partial charge < -0.3 is 31.9 Å². The number of aromatic nitrogens is 4. The Kier molecular flexibility index (Phi) is 10.3. The lowest BCUT2D eigenvalue weighted by Gasteiger charge is -2.29. The van der Waals surface area contributed by atoms with Crippen molar-refractivity contribution < 1.29 is 41.5 Å². The molecule has 17 heteroatoms. The molecule has 1 saturated heterocycles. The Labute approximate surface area is 312 Å². The molecule has 0 N–H and O–H groups in total. The molecule has 4 aromatic heterocycles. The predicted octanol–water partition coefficient (Wildman–Crippen LogP) is 4.88. The van der Waals surface area contributed by atoms with Crippen LogP contribution in [0.5, 0.6) is 5.75 Å². The number of ether oxygens (including phenoxy) is 3. The molecule has 0 radical (unpaired) electrons. The summed E-state index contributed by atoms with van der Waals surface area (Å²) in [4.78, 5) is 62.5. The Morgan fingerprint density at radius 1 is 1.09 bits per heavy atom. The second kappa shape index (κ2) is 14.6. The number of hydrogen-bond donors (Lipinski definition) is 0. The van der Waals surface area contributed by atoms with Crippen LogP contribution in [0.3, 0.4) is 0 Å². The number of carbonyl (C=O) groups excluding carboxylic acids is 2. The van der Waals surface area contributed by atoms with Crippen LogP contribution in [0.1, 0.15) is 86.0 Å². The molecule has 54 heavy (non-hydrogen) atoms. The fourth-order valence-electron chi connectivity index (χ4n) is 6.74. The molecule has 0 spiro atoms. The van der Waals surface area contributed by atoms with Gasteiger partial charge >= 0.3 is 23.6 Å². The number of fused-ring (bicyclic) bond motifs is 1. The lowest BCUT2D eigenvalue weighted by atomic mass is 9.78. The van der Waals surface area contributed by atoms with Crippen molar-refractivity contribution in [1.82, 2.24) is 19.1 Å². The molecular weight excluding hydrogens is 726 g/mol. The number of rotatable bonds is 11. The lowest BCUT2D eigenvalue weighted by Crippen LogP contribution is -2.35. The van der Waals surface area contributed by atoms with Crippen LogP contribution in [0, 0.1) is 40.0 Å². The minimum absolute atomic E-state index is 0.0282. The van der Waals surface area contributed by atoms with Gasteiger partial charge in [-0.3, -0.25) is 23.7 Å². The maximum atomic E-state index is 13.3. The highest BCUT2D eigenvalue weighted by molar-refractivity contribution is 6.28. The van der Waals surface area contributed by atoms with E-state index in [1.807, 2.05) is 33.8 Å². The number of hydrogen-bond acceptors (Lipinski definition) is 14. The molecule has 5 heterocycles. The van der Waals surface area contributed by atoms with E-state index < -0.39 is 40.8 Å². The monoisotopic (exact) mass is 763 g/mol. The summed E-state index contributed by atoms with van der Waals surface area (Å²) in [6, 6.07) is 3.74. The summed E-state index contributed by atoms with van der Waals surface area (Å²) in [6.07, 6.45) is 7.53. The third-order valence-corrected chi connectivity index (χ3v) is 9.45. The van der Waals surface area contributed by atoms with E-state index in [1.54, 1.807) is 24.5 Å². The summed E-state index contributed by atoms with van der Waals surface area (Å²) in [5.74, 6) is 1.20. The number of aryl methyl sites for hydroxylation is 4. The molecule has 1 aliphatic rings. The standard InChI is InChI=1S/C37H38ClN5O11/c1-9-37(17-48-28(45)14-36(7,8)29-20(3)12-19(2)13-24(29)51-23(6)44)11-10-27(54-37)43-18-40-30-31(39-15-25-21(4)49-34(46)52-25)42(33(38)41-32(30)43)16-26-22(5)50-35(47)53-26/h1,12-13,18,27H,10-11,14-17H2,2-8H3/t27-,37+/m1/s1. The fourth-order valence-corrected chi connectivity index (χ4v) is 6.96. The minimum atomic E-state index is -1.26. The van der Waals surface area contributed by atoms with Gasteiger partial charge in [0.2, 0.25) is 5.28 Å². The summed E-state index contributed by atoms with van der Waals surface area (Å²) in [5.41, 5.74) is 1.30. The smallest absolute Gasteiger partial charge is 0.461 e. The molecule has 0 saturated carbocycles. The van der Waals surface area contributed by atoms with Crippen molar-refractivity contribution in [3.05, 3.63) is 90.2 Å². The SMILES string of the molecule is C#C[C@@]1(COC(=O)CC(C)(C)c2c(C)cc(C)cc2OC(C)=O)CC[C@H](n2cnc3c(=NCc4oc(=O)oc4C)n(Cc4oc(=O)oc4C)c(Cl)nc32)O1. The molecule has 1 aromatic carbocycles. The maximum absolute atomic E-state index is 13.3. The lowest BCUT2D eigenvalue weighted by molar-refractivity contribution is -0.153. The van der Waals surface area contributed by atoms with Crippen molar-refractivity contribution in [3.8, 4) is 18.1 Å². The van der Waals surface area contributed by atoms with Gasteiger partial charge in [0.05, 0.1) is 19.3 Å². The van der Waals surface area contributed by atoms with Crippen molar-refractivity contribution in [3.63, 3.8) is 0 Å². The van der Waals surface area contributed by atoms with Crippen molar-refractivity contribution in [2.24, 2.45) is 4.99 Å². The highest BCUT2D eigenvalue weighted by atomic mass is 35.5. The molecule has 5 aromatic rings. The van der Waals surface area contributed by atoms with E-state index in [0.29, 0.717) is 29.8 Å². The van der Waals surface area contributed by atoms with Gasteiger partial charge in [0.1, 0.15) is 36.6 Å². The molecule has 0 aliphatic carbocycles. The van der Waals surface area contributed by atoms with Crippen LogP contribution in [0.15, 0.2) is 50.7 Å². The fraction of sp³-hybridized carbons (Fsp3) is 0.432. The molecule has 1 aliphatic heterocycles. The van der Waals surface area contributed by atoms with E-state index in [2.05, 4.69) is 20.9 Å². The topological polar surface area (TPSA) is 197 Å². The van der Waals surface area contributed by atoms with E-state index in [0.717, 1.165) is 16.7 Å². The zero-order valence-corrected chi connectivity index (χ0v) is 31.5. The first-order chi connectivity index (χ1) is 25.5. The normalized spacial score (nSPS) is 17.6. The van der Waals surface area contributed by atoms with E-state index in [-0.39, 0.29) is 59.9 Å². The van der Waals surface area contributed by atoms with Crippen LogP contribution >= 0.6 is 11.6 Å². The predicted molar refractivity (Wildman–Crippen MR) is 190 cm³/mol. The number of benzene rings is 1. The number of terminal acetylenes is 1. The van der Waals surface area contributed by atoms with Crippen molar-refractivity contribution in [1.29, 1.82) is 0 Å². The first-order valence-electron chi connectivity index (χ1n) is 16.9. The van der Waals surface area contributed by atoms with Gasteiger partial charge in [-0.05, 0) is 69.3 Å². The first-order valence-corrected chi connectivity index (χ1v) is 17.3. The number of halogens is 1. The van der Waals surface area contributed by atoms with Gasteiger partial charge in [-0.15, -0.1) is 6.42 Å². The molecule has 1 fully saturated rings. The van der Waals surface area contributed by atoms with Crippen LogP contribution in [-0.2, 0) is 37.6 Å². The molecule has 0 unspecified atom stereocenters. The molecule has 16 nitrogen and oxygen atoms in total. The number of esters is 2. The van der Waals surface area contributed by atoms with Crippen LogP contribution in [0.25, 0.3) is 11.2 Å². The van der Waals surface area contributed by atoms with Crippen molar-refractivity contribution in [2.45, 2.75) is 98.1 Å². The Bertz CT molecular complexity index is 2510. The van der Waals surface area contributed by atoms with E-state index in [1.165, 1.54) is 17.8 Å². The average molecular weight is 764 g/mol. The zero-order chi connectivity index (χ0) is 39.1. The molecule has 2 atom stereocenters. The van der Waals surface area contributed by atoms with Crippen LogP contribution in [0.2, 0.25) is 5.28 Å². The Balaban J connectivity index is 1.25. The van der Waals surface area contributed by atoms with Gasteiger partial charge in [-0.1, -0.05) is 25.8 Å². The van der Waals surface area contributed by atoms with Crippen LogP contribution in [0.4, 0.5) is 0 Å².